The van der Waals surface area contributed by atoms with Crippen molar-refractivity contribution in [1.82, 2.24) is 4.98 Å². The maximum Gasteiger partial charge on any atom is 0.140 e. The van der Waals surface area contributed by atoms with Gasteiger partial charge in [-0.05, 0) is 19.1 Å². The number of benzene rings is 1. The summed E-state index contributed by atoms with van der Waals surface area (Å²) >= 11 is 0. The van der Waals surface area contributed by atoms with Crippen LogP contribution in [0.2, 0.25) is 0 Å². The summed E-state index contributed by atoms with van der Waals surface area (Å²) in [6.45, 7) is 3.65. The van der Waals surface area contributed by atoms with Crippen LogP contribution in [0, 0.1) is 0 Å². The Morgan fingerprint density at radius 1 is 1.37 bits per heavy atom. The molecule has 1 aromatic carbocycles. The molecule has 0 atom stereocenters. The highest BCUT2D eigenvalue weighted by Crippen LogP contribution is 2.24. The smallest absolute Gasteiger partial charge is 0.140 e. The monoisotopic (exact) mass is 258 g/mol. The van der Waals surface area contributed by atoms with Crippen LogP contribution in [-0.4, -0.2) is 29.1 Å². The molecular formula is C14H18N4O. The van der Waals surface area contributed by atoms with E-state index >= 15 is 0 Å². The van der Waals surface area contributed by atoms with Crippen LogP contribution in [-0.2, 0) is 0 Å². The standard InChI is InChI=1S/C14H18N4O/c1-2-18(10-8-14(15)17-19)13-7-9-16-12-6-4-3-5-11(12)13/h3-7,9,19H,2,8,10H2,1H3,(H2,15,17). The van der Waals surface area contributed by atoms with E-state index in [-0.39, 0.29) is 5.84 Å². The molecule has 0 saturated heterocycles. The maximum absolute atomic E-state index is 8.60. The number of nitrogens with two attached hydrogens (primary N) is 1. The van der Waals surface area contributed by atoms with Gasteiger partial charge in [0.25, 0.3) is 0 Å². The number of oxime groups is 1. The molecular weight excluding hydrogens is 240 g/mol. The molecule has 2 rings (SSSR count). The first kappa shape index (κ1) is 13.1. The molecule has 5 heteroatoms. The Labute approximate surface area is 112 Å². The second kappa shape index (κ2) is 6.04. The Morgan fingerprint density at radius 2 is 2.16 bits per heavy atom. The number of aromatic nitrogens is 1. The fourth-order valence-corrected chi connectivity index (χ4v) is 2.10. The van der Waals surface area contributed by atoms with Crippen LogP contribution in [0.25, 0.3) is 10.9 Å². The molecule has 0 saturated carbocycles. The number of pyridine rings is 1. The normalized spacial score (nSPS) is 11.7. The highest BCUT2D eigenvalue weighted by atomic mass is 16.4. The minimum atomic E-state index is 0.247. The van der Waals surface area contributed by atoms with E-state index in [0.29, 0.717) is 13.0 Å². The number of nitrogens with zero attached hydrogens (tertiary/aromatic N) is 3. The van der Waals surface area contributed by atoms with Crippen molar-refractivity contribution >= 4 is 22.4 Å². The molecule has 0 spiro atoms. The van der Waals surface area contributed by atoms with E-state index in [0.717, 1.165) is 23.1 Å². The molecule has 19 heavy (non-hydrogen) atoms. The Bertz CT molecular complexity index is 577. The number of amidine groups is 1. The summed E-state index contributed by atoms with van der Waals surface area (Å²) in [6.07, 6.45) is 2.34. The largest absolute Gasteiger partial charge is 0.409 e. The van der Waals surface area contributed by atoms with Gasteiger partial charge in [-0.25, -0.2) is 0 Å². The van der Waals surface area contributed by atoms with Crippen LogP contribution in [0.1, 0.15) is 13.3 Å². The molecule has 0 radical (unpaired) electrons. The van der Waals surface area contributed by atoms with Crippen molar-refractivity contribution in [3.05, 3.63) is 36.5 Å². The van der Waals surface area contributed by atoms with Crippen molar-refractivity contribution in [2.45, 2.75) is 13.3 Å². The van der Waals surface area contributed by atoms with Crippen molar-refractivity contribution in [3.8, 4) is 0 Å². The first-order chi connectivity index (χ1) is 9.26. The Kier molecular flexibility index (Phi) is 4.18. The number of rotatable bonds is 5. The van der Waals surface area contributed by atoms with Crippen molar-refractivity contribution in [2.75, 3.05) is 18.0 Å². The van der Waals surface area contributed by atoms with Crippen molar-refractivity contribution in [1.29, 1.82) is 0 Å². The third kappa shape index (κ3) is 2.93. The summed E-state index contributed by atoms with van der Waals surface area (Å²) in [4.78, 5) is 6.55. The van der Waals surface area contributed by atoms with Crippen molar-refractivity contribution in [3.63, 3.8) is 0 Å². The minimum absolute atomic E-state index is 0.247. The van der Waals surface area contributed by atoms with Crippen LogP contribution in [0.4, 0.5) is 5.69 Å². The summed E-state index contributed by atoms with van der Waals surface area (Å²) in [6, 6.07) is 10.0. The summed E-state index contributed by atoms with van der Waals surface area (Å²) in [5.41, 5.74) is 7.63. The summed E-state index contributed by atoms with van der Waals surface area (Å²) in [5, 5.41) is 12.7. The van der Waals surface area contributed by atoms with Crippen molar-refractivity contribution in [2.24, 2.45) is 10.9 Å². The van der Waals surface area contributed by atoms with Gasteiger partial charge in [-0.3, -0.25) is 4.98 Å². The number of anilines is 1. The fraction of sp³-hybridized carbons (Fsp3) is 0.286. The minimum Gasteiger partial charge on any atom is -0.409 e. The van der Waals surface area contributed by atoms with Gasteiger partial charge >= 0.3 is 0 Å². The highest BCUT2D eigenvalue weighted by Gasteiger charge is 2.09. The van der Waals surface area contributed by atoms with Crippen LogP contribution in [0.3, 0.4) is 0 Å². The van der Waals surface area contributed by atoms with Gasteiger partial charge < -0.3 is 15.8 Å². The second-order valence-electron chi connectivity index (χ2n) is 4.27. The Balaban J connectivity index is 2.30. The predicted molar refractivity (Wildman–Crippen MR) is 77.7 cm³/mol. The predicted octanol–water partition coefficient (Wildman–Crippen LogP) is 2.20. The molecule has 0 aliphatic rings. The summed E-state index contributed by atoms with van der Waals surface area (Å²) < 4.78 is 0. The fourth-order valence-electron chi connectivity index (χ4n) is 2.10. The lowest BCUT2D eigenvalue weighted by Gasteiger charge is -2.24. The third-order valence-electron chi connectivity index (χ3n) is 3.11. The zero-order valence-electron chi connectivity index (χ0n) is 11.0. The summed E-state index contributed by atoms with van der Waals surface area (Å²) in [7, 11) is 0. The lowest BCUT2D eigenvalue weighted by atomic mass is 10.1. The lowest BCUT2D eigenvalue weighted by molar-refractivity contribution is 0.317. The third-order valence-corrected chi connectivity index (χ3v) is 3.11. The molecule has 0 amide bonds. The SMILES string of the molecule is CCN(CC/C(N)=N/O)c1ccnc2ccccc12. The lowest BCUT2D eigenvalue weighted by Crippen LogP contribution is -2.28. The summed E-state index contributed by atoms with van der Waals surface area (Å²) in [5.74, 6) is 0.247. The van der Waals surface area contributed by atoms with Gasteiger partial charge in [0.15, 0.2) is 0 Å². The van der Waals surface area contributed by atoms with Gasteiger partial charge in [-0.15, -0.1) is 0 Å². The van der Waals surface area contributed by atoms with E-state index in [9.17, 15) is 0 Å². The van der Waals surface area contributed by atoms with E-state index < -0.39 is 0 Å². The van der Waals surface area contributed by atoms with Crippen molar-refractivity contribution < 1.29 is 5.21 Å². The van der Waals surface area contributed by atoms with Gasteiger partial charge in [0.1, 0.15) is 5.84 Å². The first-order valence-corrected chi connectivity index (χ1v) is 6.31. The van der Waals surface area contributed by atoms with E-state index in [1.807, 2.05) is 30.5 Å². The van der Waals surface area contributed by atoms with Gasteiger partial charge in [-0.2, -0.15) is 0 Å². The topological polar surface area (TPSA) is 74.7 Å². The molecule has 0 fully saturated rings. The molecule has 0 aliphatic carbocycles. The van der Waals surface area contributed by atoms with Crippen LogP contribution in [0.5, 0.6) is 0 Å². The number of fused-ring (bicyclic) bond motifs is 1. The number of hydrogen-bond acceptors (Lipinski definition) is 4. The first-order valence-electron chi connectivity index (χ1n) is 6.31. The van der Waals surface area contributed by atoms with Gasteiger partial charge in [0.05, 0.1) is 5.52 Å². The number of hydrogen-bond donors (Lipinski definition) is 2. The van der Waals surface area contributed by atoms with E-state index in [1.54, 1.807) is 0 Å². The molecule has 1 heterocycles. The Morgan fingerprint density at radius 3 is 2.89 bits per heavy atom. The zero-order valence-corrected chi connectivity index (χ0v) is 11.0. The van der Waals surface area contributed by atoms with Crippen LogP contribution < -0.4 is 10.6 Å². The molecule has 3 N–H and O–H groups in total. The molecule has 1 aromatic heterocycles. The van der Waals surface area contributed by atoms with Gasteiger partial charge in [-0.1, -0.05) is 23.4 Å². The molecule has 0 unspecified atom stereocenters. The average molecular weight is 258 g/mol. The average Bonchev–Trinajstić information content (AvgIpc) is 2.47. The molecule has 2 aromatic rings. The van der Waals surface area contributed by atoms with E-state index in [4.69, 9.17) is 10.9 Å². The molecule has 5 nitrogen and oxygen atoms in total. The molecule has 100 valence electrons. The second-order valence-corrected chi connectivity index (χ2v) is 4.27. The van der Waals surface area contributed by atoms with Crippen LogP contribution >= 0.6 is 0 Å². The Hall–Kier alpha value is -2.30. The zero-order chi connectivity index (χ0) is 13.7. The molecule has 0 aliphatic heterocycles. The quantitative estimate of drug-likeness (QED) is 0.373. The maximum atomic E-state index is 8.60. The van der Waals surface area contributed by atoms with Crippen LogP contribution in [0.15, 0.2) is 41.7 Å². The van der Waals surface area contributed by atoms with E-state index in [2.05, 4.69) is 28.0 Å². The van der Waals surface area contributed by atoms with E-state index in [1.165, 1.54) is 0 Å². The highest BCUT2D eigenvalue weighted by molar-refractivity contribution is 5.91. The molecule has 0 bridgehead atoms. The van der Waals surface area contributed by atoms with Gasteiger partial charge in [0.2, 0.25) is 0 Å². The van der Waals surface area contributed by atoms with Gasteiger partial charge in [0, 0.05) is 36.8 Å². The number of para-hydroxylation sites is 1.